The lowest BCUT2D eigenvalue weighted by atomic mass is 9.50. The number of hydrogen-bond acceptors (Lipinski definition) is 0. The Balaban J connectivity index is 1.93. The van der Waals surface area contributed by atoms with Gasteiger partial charge in [-0.05, 0) is 66.8 Å². The quantitative estimate of drug-likeness (QED) is 0.410. The molecule has 3 rings (SSSR count). The Kier molecular flexibility index (Phi) is 3.49. The largest absolute Gasteiger partial charge is 0.132 e. The zero-order valence-corrected chi connectivity index (χ0v) is 13.5. The standard InChI is InChI=1S/C20H30/c1-5-11-19(3)13-10-18-16(14-19)8-9-17-15(2)7-6-12-20(17,18)4/h10-11,15-17H,1,6-9,12-14H2,2-4H3/t15-,16?,17?,19-,20+/m0/s1. The van der Waals surface area contributed by atoms with Crippen molar-refractivity contribution < 1.29 is 0 Å². The average Bonchev–Trinajstić information content (AvgIpc) is 2.38. The van der Waals surface area contributed by atoms with E-state index in [4.69, 9.17) is 0 Å². The summed E-state index contributed by atoms with van der Waals surface area (Å²) in [5.74, 6) is 2.69. The van der Waals surface area contributed by atoms with Crippen LogP contribution >= 0.6 is 0 Å². The van der Waals surface area contributed by atoms with Crippen molar-refractivity contribution in [2.75, 3.05) is 0 Å². The zero-order chi connectivity index (χ0) is 14.4. The van der Waals surface area contributed by atoms with Crippen molar-refractivity contribution in [3.05, 3.63) is 30.0 Å². The molecule has 0 saturated heterocycles. The molecule has 2 fully saturated rings. The number of allylic oxidation sites excluding steroid dienone is 3. The Bertz CT molecular complexity index is 464. The third kappa shape index (κ3) is 2.13. The molecule has 0 spiro atoms. The normalized spacial score (nSPS) is 47.5. The molecule has 0 amide bonds. The van der Waals surface area contributed by atoms with Crippen LogP contribution in [0, 0.1) is 28.6 Å². The third-order valence-electron chi connectivity index (χ3n) is 6.74. The fourth-order valence-corrected chi connectivity index (χ4v) is 5.74. The Morgan fingerprint density at radius 2 is 2.10 bits per heavy atom. The van der Waals surface area contributed by atoms with Crippen LogP contribution in [0.5, 0.6) is 0 Å². The van der Waals surface area contributed by atoms with Crippen molar-refractivity contribution >= 4 is 0 Å². The van der Waals surface area contributed by atoms with Crippen molar-refractivity contribution in [2.45, 2.75) is 65.7 Å². The fraction of sp³-hybridized carbons (Fsp3) is 0.750. The van der Waals surface area contributed by atoms with Gasteiger partial charge in [0.2, 0.25) is 0 Å². The summed E-state index contributed by atoms with van der Waals surface area (Å²) in [6.07, 6.45) is 14.5. The van der Waals surface area contributed by atoms with Crippen LogP contribution in [-0.2, 0) is 0 Å². The molecule has 0 aromatic heterocycles. The van der Waals surface area contributed by atoms with Gasteiger partial charge in [-0.15, -0.1) is 5.73 Å². The predicted molar refractivity (Wildman–Crippen MR) is 86.5 cm³/mol. The molecule has 2 saturated carbocycles. The summed E-state index contributed by atoms with van der Waals surface area (Å²) < 4.78 is 0. The highest BCUT2D eigenvalue weighted by Crippen LogP contribution is 2.60. The number of rotatable bonds is 1. The molecule has 0 heterocycles. The van der Waals surface area contributed by atoms with E-state index in [0.717, 1.165) is 17.8 Å². The third-order valence-corrected chi connectivity index (χ3v) is 6.74. The van der Waals surface area contributed by atoms with Crippen molar-refractivity contribution in [1.82, 2.24) is 0 Å². The van der Waals surface area contributed by atoms with Crippen LogP contribution in [-0.4, -0.2) is 0 Å². The van der Waals surface area contributed by atoms with Gasteiger partial charge in [0.25, 0.3) is 0 Å². The first-order valence-corrected chi connectivity index (χ1v) is 8.56. The van der Waals surface area contributed by atoms with Gasteiger partial charge in [0, 0.05) is 0 Å². The van der Waals surface area contributed by atoms with Gasteiger partial charge in [0.15, 0.2) is 0 Å². The highest BCUT2D eigenvalue weighted by atomic mass is 14.5. The van der Waals surface area contributed by atoms with Gasteiger partial charge in [-0.25, -0.2) is 0 Å². The molecule has 0 radical (unpaired) electrons. The van der Waals surface area contributed by atoms with Gasteiger partial charge in [0.1, 0.15) is 0 Å². The number of fused-ring (bicyclic) bond motifs is 3. The van der Waals surface area contributed by atoms with E-state index in [1.54, 1.807) is 0 Å². The maximum absolute atomic E-state index is 3.79. The molecular weight excluding hydrogens is 240 g/mol. The van der Waals surface area contributed by atoms with Gasteiger partial charge in [-0.3, -0.25) is 0 Å². The lowest BCUT2D eigenvalue weighted by molar-refractivity contribution is 0.0398. The Morgan fingerprint density at radius 1 is 1.30 bits per heavy atom. The van der Waals surface area contributed by atoms with Crippen molar-refractivity contribution in [1.29, 1.82) is 0 Å². The van der Waals surface area contributed by atoms with Crippen LogP contribution in [0.15, 0.2) is 30.0 Å². The first kappa shape index (κ1) is 14.2. The van der Waals surface area contributed by atoms with Crippen molar-refractivity contribution in [2.24, 2.45) is 28.6 Å². The highest BCUT2D eigenvalue weighted by molar-refractivity contribution is 5.27. The molecule has 110 valence electrons. The highest BCUT2D eigenvalue weighted by Gasteiger charge is 2.49. The first-order valence-electron chi connectivity index (χ1n) is 8.56. The lowest BCUT2D eigenvalue weighted by Crippen LogP contribution is -2.45. The summed E-state index contributed by atoms with van der Waals surface area (Å²) >= 11 is 0. The van der Waals surface area contributed by atoms with E-state index in [1.807, 2.05) is 5.57 Å². The van der Waals surface area contributed by atoms with E-state index in [-0.39, 0.29) is 0 Å². The molecule has 0 aromatic rings. The average molecular weight is 270 g/mol. The minimum Gasteiger partial charge on any atom is -0.132 e. The molecule has 0 aromatic carbocycles. The Labute approximate surface area is 125 Å². The molecule has 0 aliphatic heterocycles. The summed E-state index contributed by atoms with van der Waals surface area (Å²) in [4.78, 5) is 0. The van der Waals surface area contributed by atoms with Gasteiger partial charge in [-0.2, -0.15) is 0 Å². The van der Waals surface area contributed by atoms with Gasteiger partial charge in [0.05, 0.1) is 0 Å². The Morgan fingerprint density at radius 3 is 2.85 bits per heavy atom. The van der Waals surface area contributed by atoms with Crippen LogP contribution < -0.4 is 0 Å². The van der Waals surface area contributed by atoms with E-state index < -0.39 is 0 Å². The summed E-state index contributed by atoms with van der Waals surface area (Å²) in [6, 6.07) is 0. The predicted octanol–water partition coefficient (Wildman–Crippen LogP) is 5.91. The van der Waals surface area contributed by atoms with Crippen LogP contribution in [0.2, 0.25) is 0 Å². The van der Waals surface area contributed by atoms with Crippen LogP contribution in [0.25, 0.3) is 0 Å². The van der Waals surface area contributed by atoms with E-state index in [0.29, 0.717) is 10.8 Å². The second-order valence-corrected chi connectivity index (χ2v) is 8.24. The fourth-order valence-electron chi connectivity index (χ4n) is 5.74. The van der Waals surface area contributed by atoms with E-state index in [2.05, 4.69) is 45.2 Å². The number of hydrogen-bond donors (Lipinski definition) is 0. The monoisotopic (exact) mass is 270 g/mol. The van der Waals surface area contributed by atoms with Crippen LogP contribution in [0.3, 0.4) is 0 Å². The maximum Gasteiger partial charge on any atom is -0.00307 e. The van der Waals surface area contributed by atoms with Gasteiger partial charge >= 0.3 is 0 Å². The molecule has 20 heavy (non-hydrogen) atoms. The van der Waals surface area contributed by atoms with Crippen molar-refractivity contribution in [3.63, 3.8) is 0 Å². The summed E-state index contributed by atoms with van der Waals surface area (Å²) in [7, 11) is 0. The molecule has 5 atom stereocenters. The SMILES string of the molecule is C=C=C[C@@]1(C)CC=C2C(CCC3[C@@H](C)CCC[C@@]23C)C1. The second-order valence-electron chi connectivity index (χ2n) is 8.24. The molecule has 3 aliphatic rings. The smallest absolute Gasteiger partial charge is 0.00307 e. The molecule has 3 aliphatic carbocycles. The Hall–Kier alpha value is -0.740. The second kappa shape index (κ2) is 4.92. The maximum atomic E-state index is 3.79. The molecule has 0 nitrogen and oxygen atoms in total. The van der Waals surface area contributed by atoms with E-state index in [9.17, 15) is 0 Å². The van der Waals surface area contributed by atoms with E-state index in [1.165, 1.54) is 44.9 Å². The van der Waals surface area contributed by atoms with Gasteiger partial charge in [-0.1, -0.05) is 51.8 Å². The lowest BCUT2D eigenvalue weighted by Gasteiger charge is -2.55. The molecule has 0 heteroatoms. The molecular formula is C20H30. The zero-order valence-electron chi connectivity index (χ0n) is 13.5. The summed E-state index contributed by atoms with van der Waals surface area (Å²) in [5.41, 5.74) is 5.69. The summed E-state index contributed by atoms with van der Waals surface area (Å²) in [6.45, 7) is 11.3. The summed E-state index contributed by atoms with van der Waals surface area (Å²) in [5, 5.41) is 0. The van der Waals surface area contributed by atoms with Crippen LogP contribution in [0.1, 0.15) is 65.7 Å². The van der Waals surface area contributed by atoms with Gasteiger partial charge < -0.3 is 0 Å². The van der Waals surface area contributed by atoms with Crippen LogP contribution in [0.4, 0.5) is 0 Å². The topological polar surface area (TPSA) is 0 Å². The minimum atomic E-state index is 0.305. The van der Waals surface area contributed by atoms with E-state index >= 15 is 0 Å². The molecule has 0 bridgehead atoms. The first-order chi connectivity index (χ1) is 9.48. The van der Waals surface area contributed by atoms with Crippen molar-refractivity contribution in [3.8, 4) is 0 Å². The minimum absolute atomic E-state index is 0.305. The molecule has 0 N–H and O–H groups in total. The molecule has 2 unspecified atom stereocenters.